The summed E-state index contributed by atoms with van der Waals surface area (Å²) in [6, 6.07) is -0.817. The van der Waals surface area contributed by atoms with E-state index in [-0.39, 0.29) is 11.4 Å². The number of carboxylic acids is 1. The molecule has 0 heterocycles. The Balaban J connectivity index is 3.80. The molecule has 0 radical (unpaired) electrons. The number of aliphatic hydroxyl groups is 1. The molecule has 0 amide bonds. The van der Waals surface area contributed by atoms with Gasteiger partial charge in [-0.1, -0.05) is 13.8 Å². The topological polar surface area (TPSA) is 83.5 Å². The summed E-state index contributed by atoms with van der Waals surface area (Å²) in [6.07, 6.45) is 0.643. The molecule has 0 aliphatic rings. The second kappa shape index (κ2) is 5.47. The molecule has 0 saturated carbocycles. The molecule has 0 spiro atoms. The first kappa shape index (κ1) is 12.7. The van der Waals surface area contributed by atoms with Gasteiger partial charge in [-0.25, -0.2) is 0 Å². The molecular weight excluding hydrogens is 190 g/mol. The van der Waals surface area contributed by atoms with Gasteiger partial charge in [-0.05, 0) is 6.42 Å². The molecule has 0 aliphatic carbocycles. The Hall–Kier alpha value is -0.260. The summed E-state index contributed by atoms with van der Waals surface area (Å²) < 4.78 is -0.109. The minimum absolute atomic E-state index is 0.109. The van der Waals surface area contributed by atoms with Crippen molar-refractivity contribution in [3.05, 3.63) is 0 Å². The number of carboxylic acid groups (broad SMARTS) is 1. The largest absolute Gasteiger partial charge is 0.480 e. The van der Waals surface area contributed by atoms with Crippen LogP contribution in [0, 0.1) is 0 Å². The van der Waals surface area contributed by atoms with Crippen molar-refractivity contribution >= 4 is 17.7 Å². The molecule has 0 aromatic carbocycles. The molecule has 78 valence electrons. The lowest BCUT2D eigenvalue weighted by molar-refractivity contribution is -0.137. The molecule has 1 atom stereocenters. The molecule has 0 aromatic rings. The van der Waals surface area contributed by atoms with Crippen LogP contribution in [-0.2, 0) is 4.79 Å². The van der Waals surface area contributed by atoms with Gasteiger partial charge in [0.15, 0.2) is 0 Å². The van der Waals surface area contributed by atoms with Gasteiger partial charge in [0.1, 0.15) is 6.04 Å². The van der Waals surface area contributed by atoms with Crippen LogP contribution >= 0.6 is 11.8 Å². The van der Waals surface area contributed by atoms with E-state index in [4.69, 9.17) is 15.9 Å². The molecule has 0 rings (SSSR count). The van der Waals surface area contributed by atoms with E-state index in [9.17, 15) is 4.79 Å². The normalized spacial score (nSPS) is 14.2. The van der Waals surface area contributed by atoms with Crippen molar-refractivity contribution in [2.45, 2.75) is 31.1 Å². The van der Waals surface area contributed by atoms with Gasteiger partial charge in [0, 0.05) is 17.1 Å². The van der Waals surface area contributed by atoms with Crippen molar-refractivity contribution in [1.29, 1.82) is 0 Å². The lowest BCUT2D eigenvalue weighted by atomic mass is 10.1. The summed E-state index contributed by atoms with van der Waals surface area (Å²) in [5, 5.41) is 17.2. The van der Waals surface area contributed by atoms with Gasteiger partial charge in [-0.15, -0.1) is 0 Å². The Morgan fingerprint density at radius 3 is 2.54 bits per heavy atom. The minimum atomic E-state index is -0.979. The molecule has 0 aliphatic heterocycles. The summed E-state index contributed by atoms with van der Waals surface area (Å²) in [6.45, 7) is 4.03. The first-order valence-electron chi connectivity index (χ1n) is 4.12. The van der Waals surface area contributed by atoms with Crippen LogP contribution in [0.5, 0.6) is 0 Å². The summed E-state index contributed by atoms with van der Waals surface area (Å²) in [7, 11) is 0. The third kappa shape index (κ3) is 5.90. The highest BCUT2D eigenvalue weighted by Crippen LogP contribution is 2.27. The van der Waals surface area contributed by atoms with Gasteiger partial charge in [0.2, 0.25) is 0 Å². The SMILES string of the molecule is CC(C)(CCO)SC[C@H](N)C(=O)O. The van der Waals surface area contributed by atoms with E-state index >= 15 is 0 Å². The monoisotopic (exact) mass is 207 g/mol. The van der Waals surface area contributed by atoms with Crippen molar-refractivity contribution in [1.82, 2.24) is 0 Å². The number of hydrogen-bond donors (Lipinski definition) is 3. The Bertz CT molecular complexity index is 173. The van der Waals surface area contributed by atoms with Crippen molar-refractivity contribution in [2.75, 3.05) is 12.4 Å². The van der Waals surface area contributed by atoms with E-state index in [1.165, 1.54) is 11.8 Å². The Morgan fingerprint density at radius 2 is 2.15 bits per heavy atom. The lowest BCUT2D eigenvalue weighted by Gasteiger charge is -2.23. The predicted octanol–water partition coefficient (Wildman–Crippen LogP) is 0.292. The summed E-state index contributed by atoms with van der Waals surface area (Å²) >= 11 is 1.47. The van der Waals surface area contributed by atoms with Crippen molar-refractivity contribution < 1.29 is 15.0 Å². The smallest absolute Gasteiger partial charge is 0.321 e. The van der Waals surface area contributed by atoms with E-state index in [0.29, 0.717) is 12.2 Å². The van der Waals surface area contributed by atoms with Crippen LogP contribution in [0.15, 0.2) is 0 Å². The van der Waals surface area contributed by atoms with Crippen LogP contribution in [-0.4, -0.2) is 39.3 Å². The van der Waals surface area contributed by atoms with Crippen molar-refractivity contribution in [3.8, 4) is 0 Å². The highest BCUT2D eigenvalue weighted by molar-refractivity contribution is 8.00. The van der Waals surface area contributed by atoms with Crippen molar-refractivity contribution in [3.63, 3.8) is 0 Å². The molecule has 4 N–H and O–H groups in total. The van der Waals surface area contributed by atoms with Crippen molar-refractivity contribution in [2.24, 2.45) is 5.73 Å². The number of aliphatic hydroxyl groups excluding tert-OH is 1. The number of carbonyl (C=O) groups is 1. The first-order valence-corrected chi connectivity index (χ1v) is 5.11. The summed E-state index contributed by atoms with van der Waals surface area (Å²) in [4.78, 5) is 10.4. The average molecular weight is 207 g/mol. The number of thioether (sulfide) groups is 1. The molecule has 0 fully saturated rings. The predicted molar refractivity (Wildman–Crippen MR) is 53.9 cm³/mol. The molecule has 0 aromatic heterocycles. The van der Waals surface area contributed by atoms with Gasteiger partial charge >= 0.3 is 5.97 Å². The lowest BCUT2D eigenvalue weighted by Crippen LogP contribution is -2.34. The standard InChI is InChI=1S/C8H17NO3S/c1-8(2,3-4-10)13-5-6(9)7(11)12/h6,10H,3-5,9H2,1-2H3,(H,11,12)/t6-/m0/s1. The van der Waals surface area contributed by atoms with Crippen LogP contribution in [0.25, 0.3) is 0 Å². The van der Waals surface area contributed by atoms with Crippen LogP contribution < -0.4 is 5.73 Å². The quantitative estimate of drug-likeness (QED) is 0.583. The number of nitrogens with two attached hydrogens (primary N) is 1. The molecule has 0 saturated heterocycles. The number of rotatable bonds is 6. The maximum atomic E-state index is 10.4. The van der Waals surface area contributed by atoms with Crippen LogP contribution in [0.2, 0.25) is 0 Å². The second-order valence-electron chi connectivity index (χ2n) is 3.49. The summed E-state index contributed by atoms with van der Waals surface area (Å²) in [5.74, 6) is -0.602. The third-order valence-corrected chi connectivity index (χ3v) is 3.20. The third-order valence-electron chi connectivity index (χ3n) is 1.68. The van der Waals surface area contributed by atoms with Crippen LogP contribution in [0.4, 0.5) is 0 Å². The minimum Gasteiger partial charge on any atom is -0.480 e. The van der Waals surface area contributed by atoms with Gasteiger partial charge in [-0.3, -0.25) is 4.79 Å². The van der Waals surface area contributed by atoms with Gasteiger partial charge in [0.25, 0.3) is 0 Å². The highest BCUT2D eigenvalue weighted by Gasteiger charge is 2.21. The number of aliphatic carboxylic acids is 1. The fourth-order valence-electron chi connectivity index (χ4n) is 0.728. The van der Waals surface area contributed by atoms with Gasteiger partial charge in [0.05, 0.1) is 0 Å². The molecule has 5 heteroatoms. The average Bonchev–Trinajstić information content (AvgIpc) is 2.00. The molecular formula is C8H17NO3S. The Morgan fingerprint density at radius 1 is 1.62 bits per heavy atom. The molecule has 0 bridgehead atoms. The maximum Gasteiger partial charge on any atom is 0.321 e. The molecule has 0 unspecified atom stereocenters. The van der Waals surface area contributed by atoms with E-state index < -0.39 is 12.0 Å². The fraction of sp³-hybridized carbons (Fsp3) is 0.875. The van der Waals surface area contributed by atoms with E-state index in [1.54, 1.807) is 0 Å². The first-order chi connectivity index (χ1) is 5.89. The van der Waals surface area contributed by atoms with Crippen LogP contribution in [0.3, 0.4) is 0 Å². The molecule has 13 heavy (non-hydrogen) atoms. The second-order valence-corrected chi connectivity index (χ2v) is 5.22. The zero-order chi connectivity index (χ0) is 10.5. The Kier molecular flexibility index (Phi) is 5.36. The highest BCUT2D eigenvalue weighted by atomic mass is 32.2. The summed E-state index contributed by atoms with van der Waals surface area (Å²) in [5.41, 5.74) is 5.34. The van der Waals surface area contributed by atoms with E-state index in [1.807, 2.05) is 13.8 Å². The zero-order valence-corrected chi connectivity index (χ0v) is 8.80. The zero-order valence-electron chi connectivity index (χ0n) is 7.99. The maximum absolute atomic E-state index is 10.4. The Labute approximate surface area is 82.5 Å². The van der Waals surface area contributed by atoms with E-state index in [0.717, 1.165) is 0 Å². The van der Waals surface area contributed by atoms with Crippen LogP contribution in [0.1, 0.15) is 20.3 Å². The fourth-order valence-corrected chi connectivity index (χ4v) is 1.74. The van der Waals surface area contributed by atoms with Gasteiger partial charge in [-0.2, -0.15) is 11.8 Å². The van der Waals surface area contributed by atoms with Gasteiger partial charge < -0.3 is 15.9 Å². The van der Waals surface area contributed by atoms with E-state index in [2.05, 4.69) is 0 Å². The molecule has 4 nitrogen and oxygen atoms in total. The number of hydrogen-bond acceptors (Lipinski definition) is 4.